The molecule has 1 atom stereocenters. The lowest BCUT2D eigenvalue weighted by atomic mass is 9.92. The topological polar surface area (TPSA) is 67.4 Å². The first-order valence-electron chi connectivity index (χ1n) is 8.91. The maximum Gasteiger partial charge on any atom is 0.225 e. The van der Waals surface area contributed by atoms with Crippen LogP contribution in [0.4, 0.5) is 5.82 Å². The molecule has 0 aromatic carbocycles. The monoisotopic (exact) mass is 332 g/mol. The van der Waals surface area contributed by atoms with Gasteiger partial charge in [-0.1, -0.05) is 20.8 Å². The van der Waals surface area contributed by atoms with E-state index in [9.17, 15) is 4.79 Å². The second-order valence-electron chi connectivity index (χ2n) is 7.85. The van der Waals surface area contributed by atoms with E-state index in [-0.39, 0.29) is 23.3 Å². The van der Waals surface area contributed by atoms with Crippen LogP contribution in [0.2, 0.25) is 0 Å². The fourth-order valence-electron chi connectivity index (χ4n) is 3.24. The molecule has 1 amide bonds. The molecule has 1 unspecified atom stereocenters. The van der Waals surface area contributed by atoms with Crippen LogP contribution in [0.25, 0.3) is 0 Å². The van der Waals surface area contributed by atoms with E-state index in [2.05, 4.69) is 41.2 Å². The summed E-state index contributed by atoms with van der Waals surface area (Å²) in [6.45, 7) is 9.46. The Balaban J connectivity index is 1.55. The van der Waals surface area contributed by atoms with Crippen molar-refractivity contribution in [3.8, 4) is 0 Å². The standard InChI is InChI=1S/C18H28N4O2/c1-18(2,3)15-4-5-16(21-20-15)22-9-6-13(12-22)17(23)19-14-7-10-24-11-8-14/h4-5,13-14H,6-12H2,1-3H3,(H,19,23). The average molecular weight is 332 g/mol. The zero-order chi connectivity index (χ0) is 17.2. The summed E-state index contributed by atoms with van der Waals surface area (Å²) < 4.78 is 5.34. The zero-order valence-corrected chi connectivity index (χ0v) is 14.9. The molecule has 24 heavy (non-hydrogen) atoms. The average Bonchev–Trinajstić information content (AvgIpc) is 3.05. The van der Waals surface area contributed by atoms with Gasteiger partial charge in [0.1, 0.15) is 0 Å². The number of amides is 1. The Morgan fingerprint density at radius 1 is 1.21 bits per heavy atom. The molecule has 0 radical (unpaired) electrons. The van der Waals surface area contributed by atoms with Gasteiger partial charge in [-0.05, 0) is 31.4 Å². The molecule has 0 saturated carbocycles. The quantitative estimate of drug-likeness (QED) is 0.915. The van der Waals surface area contributed by atoms with Gasteiger partial charge in [-0.3, -0.25) is 4.79 Å². The third kappa shape index (κ3) is 4.04. The molecule has 132 valence electrons. The van der Waals surface area contributed by atoms with Crippen molar-refractivity contribution in [2.45, 2.75) is 51.5 Å². The van der Waals surface area contributed by atoms with Gasteiger partial charge in [0.15, 0.2) is 5.82 Å². The Morgan fingerprint density at radius 2 is 1.96 bits per heavy atom. The van der Waals surface area contributed by atoms with Crippen LogP contribution in [0, 0.1) is 5.92 Å². The van der Waals surface area contributed by atoms with Crippen molar-refractivity contribution < 1.29 is 9.53 Å². The van der Waals surface area contributed by atoms with Gasteiger partial charge >= 0.3 is 0 Å². The van der Waals surface area contributed by atoms with Crippen molar-refractivity contribution >= 4 is 11.7 Å². The van der Waals surface area contributed by atoms with Crippen molar-refractivity contribution in [1.29, 1.82) is 0 Å². The molecule has 0 bridgehead atoms. The Bertz CT molecular complexity index is 561. The van der Waals surface area contributed by atoms with Gasteiger partial charge in [-0.2, -0.15) is 5.10 Å². The van der Waals surface area contributed by atoms with Crippen molar-refractivity contribution in [2.75, 3.05) is 31.2 Å². The summed E-state index contributed by atoms with van der Waals surface area (Å²) in [5, 5.41) is 11.9. The minimum Gasteiger partial charge on any atom is -0.381 e. The van der Waals surface area contributed by atoms with Gasteiger partial charge in [-0.25, -0.2) is 0 Å². The first kappa shape index (κ1) is 17.1. The number of aromatic nitrogens is 2. The largest absolute Gasteiger partial charge is 0.381 e. The first-order valence-corrected chi connectivity index (χ1v) is 8.91. The normalized spacial score (nSPS) is 22.6. The van der Waals surface area contributed by atoms with Crippen molar-refractivity contribution in [3.63, 3.8) is 0 Å². The lowest BCUT2D eigenvalue weighted by Crippen LogP contribution is -2.42. The predicted octanol–water partition coefficient (Wildman–Crippen LogP) is 1.90. The van der Waals surface area contributed by atoms with E-state index in [1.165, 1.54) is 0 Å². The van der Waals surface area contributed by atoms with Crippen molar-refractivity contribution in [1.82, 2.24) is 15.5 Å². The van der Waals surface area contributed by atoms with E-state index >= 15 is 0 Å². The second-order valence-corrected chi connectivity index (χ2v) is 7.85. The number of nitrogens with one attached hydrogen (secondary N) is 1. The Kier molecular flexibility index (Phi) is 5.04. The van der Waals surface area contributed by atoms with Crippen molar-refractivity contribution in [2.24, 2.45) is 5.92 Å². The summed E-state index contributed by atoms with van der Waals surface area (Å²) in [6.07, 6.45) is 2.71. The van der Waals surface area contributed by atoms with Crippen LogP contribution in [0.15, 0.2) is 12.1 Å². The molecule has 1 aromatic rings. The van der Waals surface area contributed by atoms with E-state index in [1.54, 1.807) is 0 Å². The maximum atomic E-state index is 12.5. The fraction of sp³-hybridized carbons (Fsp3) is 0.722. The zero-order valence-electron chi connectivity index (χ0n) is 14.9. The lowest BCUT2D eigenvalue weighted by Gasteiger charge is -2.24. The van der Waals surface area contributed by atoms with Crippen LogP contribution in [0.3, 0.4) is 0 Å². The van der Waals surface area contributed by atoms with Gasteiger partial charge in [-0.15, -0.1) is 5.10 Å². The van der Waals surface area contributed by atoms with Crippen LogP contribution in [-0.2, 0) is 14.9 Å². The Morgan fingerprint density at radius 3 is 2.58 bits per heavy atom. The Labute approximate surface area is 144 Å². The van der Waals surface area contributed by atoms with E-state index in [0.717, 1.165) is 57.1 Å². The lowest BCUT2D eigenvalue weighted by molar-refractivity contribution is -0.125. The number of anilines is 1. The number of carbonyl (C=O) groups is 1. The molecule has 3 rings (SSSR count). The molecular weight excluding hydrogens is 304 g/mol. The first-order chi connectivity index (χ1) is 11.4. The SMILES string of the molecule is CC(C)(C)c1ccc(N2CCC(C(=O)NC3CCOCC3)C2)nn1. The number of hydrogen-bond donors (Lipinski definition) is 1. The minimum absolute atomic E-state index is 0.00265. The maximum absolute atomic E-state index is 12.5. The third-order valence-electron chi connectivity index (χ3n) is 4.87. The van der Waals surface area contributed by atoms with E-state index in [4.69, 9.17) is 4.74 Å². The second kappa shape index (κ2) is 7.05. The van der Waals surface area contributed by atoms with E-state index in [1.807, 2.05) is 12.1 Å². The van der Waals surface area contributed by atoms with Gasteiger partial charge < -0.3 is 15.0 Å². The smallest absolute Gasteiger partial charge is 0.225 e. The highest BCUT2D eigenvalue weighted by molar-refractivity contribution is 5.80. The molecule has 3 heterocycles. The van der Waals surface area contributed by atoms with Gasteiger partial charge in [0, 0.05) is 37.8 Å². The molecule has 1 aromatic heterocycles. The molecular formula is C18H28N4O2. The molecule has 0 spiro atoms. The third-order valence-corrected chi connectivity index (χ3v) is 4.87. The molecule has 1 N–H and O–H groups in total. The highest BCUT2D eigenvalue weighted by Gasteiger charge is 2.31. The van der Waals surface area contributed by atoms with Crippen LogP contribution in [0.1, 0.15) is 45.7 Å². The van der Waals surface area contributed by atoms with Gasteiger partial charge in [0.2, 0.25) is 5.91 Å². The van der Waals surface area contributed by atoms with Gasteiger partial charge in [0.25, 0.3) is 0 Å². The van der Waals surface area contributed by atoms with Crippen LogP contribution >= 0.6 is 0 Å². The molecule has 2 aliphatic rings. The van der Waals surface area contributed by atoms with E-state index in [0.29, 0.717) is 0 Å². The minimum atomic E-state index is 0.00265. The highest BCUT2D eigenvalue weighted by atomic mass is 16.5. The van der Waals surface area contributed by atoms with Crippen LogP contribution in [-0.4, -0.2) is 48.4 Å². The fourth-order valence-corrected chi connectivity index (χ4v) is 3.24. The number of ether oxygens (including phenoxy) is 1. The number of carbonyl (C=O) groups excluding carboxylic acids is 1. The van der Waals surface area contributed by atoms with Crippen LogP contribution < -0.4 is 10.2 Å². The van der Waals surface area contributed by atoms with E-state index < -0.39 is 0 Å². The molecule has 2 fully saturated rings. The number of rotatable bonds is 3. The summed E-state index contributed by atoms with van der Waals surface area (Å²) in [4.78, 5) is 14.6. The summed E-state index contributed by atoms with van der Waals surface area (Å²) >= 11 is 0. The summed E-state index contributed by atoms with van der Waals surface area (Å²) in [6, 6.07) is 4.33. The molecule has 6 nitrogen and oxygen atoms in total. The molecule has 2 aliphatic heterocycles. The molecule has 6 heteroatoms. The number of hydrogen-bond acceptors (Lipinski definition) is 5. The Hall–Kier alpha value is -1.69. The van der Waals surface area contributed by atoms with Crippen LogP contribution in [0.5, 0.6) is 0 Å². The summed E-state index contributed by atoms with van der Waals surface area (Å²) in [5.74, 6) is 1.07. The number of nitrogens with zero attached hydrogens (tertiary/aromatic N) is 3. The van der Waals surface area contributed by atoms with Crippen molar-refractivity contribution in [3.05, 3.63) is 17.8 Å². The predicted molar refractivity (Wildman–Crippen MR) is 93.0 cm³/mol. The van der Waals surface area contributed by atoms with Gasteiger partial charge in [0.05, 0.1) is 11.6 Å². The highest BCUT2D eigenvalue weighted by Crippen LogP contribution is 2.25. The molecule has 0 aliphatic carbocycles. The summed E-state index contributed by atoms with van der Waals surface area (Å²) in [7, 11) is 0. The molecule has 2 saturated heterocycles. The summed E-state index contributed by atoms with van der Waals surface area (Å²) in [5.41, 5.74) is 0.988.